The molecule has 0 radical (unpaired) electrons. The number of benzene rings is 1. The number of nitrogens with two attached hydrogens (primary N) is 1. The summed E-state index contributed by atoms with van der Waals surface area (Å²) >= 11 is 0. The van der Waals surface area contributed by atoms with Gasteiger partial charge in [0.25, 0.3) is 0 Å². The first-order valence-electron chi connectivity index (χ1n) is 6.01. The van der Waals surface area contributed by atoms with Gasteiger partial charge < -0.3 is 15.7 Å². The molecule has 1 aromatic carbocycles. The summed E-state index contributed by atoms with van der Waals surface area (Å²) in [7, 11) is 1.64. The maximum atomic E-state index is 12.1. The molecule has 0 fully saturated rings. The first-order valence-corrected chi connectivity index (χ1v) is 6.01. The molecule has 1 amide bonds. The summed E-state index contributed by atoms with van der Waals surface area (Å²) in [6.45, 7) is 5.95. The number of rotatable bonds is 3. The fourth-order valence-corrected chi connectivity index (χ4v) is 1.70. The summed E-state index contributed by atoms with van der Waals surface area (Å²) in [6, 6.07) is 4.35. The molecule has 0 unspecified atom stereocenters. The van der Waals surface area contributed by atoms with Crippen molar-refractivity contribution in [3.63, 3.8) is 0 Å². The molecule has 104 valence electrons. The number of carbonyl (C=O) groups is 2. The molecular weight excluding hydrogens is 244 g/mol. The minimum Gasteiger partial charge on any atom is -0.478 e. The summed E-state index contributed by atoms with van der Waals surface area (Å²) in [5.74, 6) is -1.09. The quantitative estimate of drug-likeness (QED) is 0.821. The zero-order chi connectivity index (χ0) is 14.8. The monoisotopic (exact) mass is 264 g/mol. The highest BCUT2D eigenvalue weighted by molar-refractivity contribution is 5.98. The van der Waals surface area contributed by atoms with Gasteiger partial charge in [0.2, 0.25) is 5.91 Å². The van der Waals surface area contributed by atoms with Crippen molar-refractivity contribution in [2.75, 3.05) is 17.7 Å². The Kier molecular flexibility index (Phi) is 4.19. The molecule has 5 nitrogen and oxygen atoms in total. The SMILES string of the molecule is CN(C(=O)CC(C)(C)C)c1ccc(C(=O)O)cc1N. The van der Waals surface area contributed by atoms with Crippen LogP contribution < -0.4 is 10.6 Å². The molecule has 0 aliphatic carbocycles. The third kappa shape index (κ3) is 3.98. The van der Waals surface area contributed by atoms with E-state index in [9.17, 15) is 9.59 Å². The molecule has 0 bridgehead atoms. The maximum absolute atomic E-state index is 12.1. The van der Waals surface area contributed by atoms with Crippen molar-refractivity contribution in [2.24, 2.45) is 5.41 Å². The van der Waals surface area contributed by atoms with E-state index in [-0.39, 0.29) is 22.6 Å². The number of carbonyl (C=O) groups excluding carboxylic acids is 1. The number of carboxylic acid groups (broad SMARTS) is 1. The molecule has 0 heterocycles. The Hall–Kier alpha value is -2.04. The largest absolute Gasteiger partial charge is 0.478 e. The summed E-state index contributed by atoms with van der Waals surface area (Å²) in [6.07, 6.45) is 0.392. The van der Waals surface area contributed by atoms with Gasteiger partial charge in [-0.2, -0.15) is 0 Å². The van der Waals surface area contributed by atoms with Crippen molar-refractivity contribution < 1.29 is 14.7 Å². The number of hydrogen-bond acceptors (Lipinski definition) is 3. The van der Waals surface area contributed by atoms with E-state index in [1.807, 2.05) is 20.8 Å². The Balaban J connectivity index is 2.97. The minimum absolute atomic E-state index is 0.0534. The fraction of sp³-hybridized carbons (Fsp3) is 0.429. The highest BCUT2D eigenvalue weighted by Crippen LogP contribution is 2.26. The van der Waals surface area contributed by atoms with Crippen LogP contribution >= 0.6 is 0 Å². The summed E-state index contributed by atoms with van der Waals surface area (Å²) in [5.41, 5.74) is 6.61. The number of aromatic carboxylic acids is 1. The second-order valence-corrected chi connectivity index (χ2v) is 5.77. The van der Waals surface area contributed by atoms with Crippen molar-refractivity contribution in [1.82, 2.24) is 0 Å². The van der Waals surface area contributed by atoms with Crippen molar-refractivity contribution in [1.29, 1.82) is 0 Å². The van der Waals surface area contributed by atoms with Crippen molar-refractivity contribution in [2.45, 2.75) is 27.2 Å². The average molecular weight is 264 g/mol. The van der Waals surface area contributed by atoms with Crippen LogP contribution in [0.15, 0.2) is 18.2 Å². The topological polar surface area (TPSA) is 83.6 Å². The third-order valence-electron chi connectivity index (χ3n) is 2.69. The second kappa shape index (κ2) is 5.30. The van der Waals surface area contributed by atoms with Gasteiger partial charge in [0.05, 0.1) is 16.9 Å². The van der Waals surface area contributed by atoms with Gasteiger partial charge >= 0.3 is 5.97 Å². The van der Waals surface area contributed by atoms with E-state index in [2.05, 4.69) is 0 Å². The lowest BCUT2D eigenvalue weighted by Crippen LogP contribution is -2.30. The summed E-state index contributed by atoms with van der Waals surface area (Å²) in [5, 5.41) is 8.86. The van der Waals surface area contributed by atoms with Crippen LogP contribution in [-0.4, -0.2) is 24.0 Å². The molecule has 0 spiro atoms. The van der Waals surface area contributed by atoms with Gasteiger partial charge in [0, 0.05) is 13.5 Å². The number of amides is 1. The number of hydrogen-bond donors (Lipinski definition) is 2. The first-order chi connectivity index (χ1) is 8.61. The molecular formula is C14H20N2O3. The molecule has 1 aromatic rings. The van der Waals surface area contributed by atoms with E-state index in [1.54, 1.807) is 13.1 Å². The van der Waals surface area contributed by atoms with Gasteiger partial charge in [0.15, 0.2) is 0 Å². The van der Waals surface area contributed by atoms with Crippen LogP contribution in [0.5, 0.6) is 0 Å². The maximum Gasteiger partial charge on any atom is 0.335 e. The van der Waals surface area contributed by atoms with E-state index in [0.29, 0.717) is 12.1 Å². The van der Waals surface area contributed by atoms with Gasteiger partial charge in [-0.05, 0) is 23.6 Å². The average Bonchev–Trinajstić information content (AvgIpc) is 2.25. The fourth-order valence-electron chi connectivity index (χ4n) is 1.70. The summed E-state index contributed by atoms with van der Waals surface area (Å²) < 4.78 is 0. The molecule has 0 aliphatic rings. The van der Waals surface area contributed by atoms with E-state index in [0.717, 1.165) is 0 Å². The molecule has 0 atom stereocenters. The second-order valence-electron chi connectivity index (χ2n) is 5.77. The number of nitrogens with zero attached hydrogens (tertiary/aromatic N) is 1. The Morgan fingerprint density at radius 3 is 2.32 bits per heavy atom. The molecule has 0 saturated carbocycles. The van der Waals surface area contributed by atoms with Crippen LogP contribution in [0.3, 0.4) is 0 Å². The molecule has 19 heavy (non-hydrogen) atoms. The van der Waals surface area contributed by atoms with Crippen molar-refractivity contribution >= 4 is 23.3 Å². The Morgan fingerprint density at radius 2 is 1.89 bits per heavy atom. The number of carboxylic acids is 1. The van der Waals surface area contributed by atoms with E-state index >= 15 is 0 Å². The van der Waals surface area contributed by atoms with Gasteiger partial charge in [-0.3, -0.25) is 4.79 Å². The van der Waals surface area contributed by atoms with Crippen LogP contribution in [-0.2, 0) is 4.79 Å². The Bertz CT molecular complexity index is 504. The highest BCUT2D eigenvalue weighted by Gasteiger charge is 2.21. The van der Waals surface area contributed by atoms with Gasteiger partial charge in [-0.1, -0.05) is 20.8 Å². The summed E-state index contributed by atoms with van der Waals surface area (Å²) in [4.78, 5) is 24.4. The minimum atomic E-state index is -1.04. The van der Waals surface area contributed by atoms with Crippen LogP contribution in [0.4, 0.5) is 11.4 Å². The predicted molar refractivity (Wildman–Crippen MR) is 75.3 cm³/mol. The normalized spacial score (nSPS) is 11.2. The van der Waals surface area contributed by atoms with Crippen LogP contribution in [0.25, 0.3) is 0 Å². The highest BCUT2D eigenvalue weighted by atomic mass is 16.4. The van der Waals surface area contributed by atoms with Crippen molar-refractivity contribution in [3.05, 3.63) is 23.8 Å². The first kappa shape index (κ1) is 15.0. The molecule has 0 saturated heterocycles. The number of anilines is 2. The Labute approximate surface area is 113 Å². The van der Waals surface area contributed by atoms with E-state index < -0.39 is 5.97 Å². The van der Waals surface area contributed by atoms with Crippen molar-refractivity contribution in [3.8, 4) is 0 Å². The standard InChI is InChI=1S/C14H20N2O3/c1-14(2,3)8-12(17)16(4)11-6-5-9(13(18)19)7-10(11)15/h5-7H,8,15H2,1-4H3,(H,18,19). The van der Waals surface area contributed by atoms with Gasteiger partial charge in [-0.25, -0.2) is 4.79 Å². The molecule has 0 aliphatic heterocycles. The smallest absolute Gasteiger partial charge is 0.335 e. The van der Waals surface area contributed by atoms with Crippen LogP contribution in [0.2, 0.25) is 0 Å². The molecule has 0 aromatic heterocycles. The molecule has 3 N–H and O–H groups in total. The third-order valence-corrected chi connectivity index (χ3v) is 2.69. The predicted octanol–water partition coefficient (Wildman–Crippen LogP) is 2.37. The van der Waals surface area contributed by atoms with Crippen LogP contribution in [0, 0.1) is 5.41 Å². The lowest BCUT2D eigenvalue weighted by molar-refractivity contribution is -0.120. The zero-order valence-electron chi connectivity index (χ0n) is 11.7. The van der Waals surface area contributed by atoms with Gasteiger partial charge in [-0.15, -0.1) is 0 Å². The van der Waals surface area contributed by atoms with E-state index in [1.165, 1.54) is 17.0 Å². The lowest BCUT2D eigenvalue weighted by Gasteiger charge is -2.24. The van der Waals surface area contributed by atoms with E-state index in [4.69, 9.17) is 10.8 Å². The van der Waals surface area contributed by atoms with Crippen LogP contribution in [0.1, 0.15) is 37.6 Å². The molecule has 1 rings (SSSR count). The molecule has 5 heteroatoms. The van der Waals surface area contributed by atoms with Gasteiger partial charge in [0.1, 0.15) is 0 Å². The number of nitrogen functional groups attached to an aromatic ring is 1. The zero-order valence-corrected chi connectivity index (χ0v) is 11.7. The lowest BCUT2D eigenvalue weighted by atomic mass is 9.91. The Morgan fingerprint density at radius 1 is 1.32 bits per heavy atom.